The average molecular weight is 369 g/mol. The summed E-state index contributed by atoms with van der Waals surface area (Å²) in [5.74, 6) is -1.35. The number of benzene rings is 1. The summed E-state index contributed by atoms with van der Waals surface area (Å²) in [5, 5.41) is 10.1. The van der Waals surface area contributed by atoms with Gasteiger partial charge in [-0.3, -0.25) is 0 Å². The van der Waals surface area contributed by atoms with Crippen molar-refractivity contribution >= 4 is 27.3 Å². The number of aliphatic hydroxyl groups excluding tert-OH is 1. The van der Waals surface area contributed by atoms with Gasteiger partial charge in [0.2, 0.25) is 0 Å². The van der Waals surface area contributed by atoms with Crippen molar-refractivity contribution in [2.24, 2.45) is 0 Å². The van der Waals surface area contributed by atoms with Gasteiger partial charge in [-0.1, -0.05) is 6.07 Å². The molecule has 1 aromatic heterocycles. The second-order valence-corrected chi connectivity index (χ2v) is 6.33. The Labute approximate surface area is 125 Å². The minimum atomic E-state index is -4.79. The highest BCUT2D eigenvalue weighted by Crippen LogP contribution is 2.37. The molecule has 1 nitrogen and oxygen atoms in total. The van der Waals surface area contributed by atoms with Crippen LogP contribution in [0.4, 0.5) is 17.6 Å². The molecular formula is C13H9BrF4OS. The van der Waals surface area contributed by atoms with Crippen LogP contribution in [0.2, 0.25) is 0 Å². The SMILES string of the molecule is Cc1sc(C(O)c2ccc(F)c(C(F)(F)F)c2)cc1Br. The summed E-state index contributed by atoms with van der Waals surface area (Å²) < 4.78 is 51.9. The molecule has 2 rings (SSSR count). The summed E-state index contributed by atoms with van der Waals surface area (Å²) in [7, 11) is 0. The average Bonchev–Trinajstić information content (AvgIpc) is 2.68. The number of hydrogen-bond acceptors (Lipinski definition) is 2. The van der Waals surface area contributed by atoms with Crippen molar-refractivity contribution in [1.82, 2.24) is 0 Å². The van der Waals surface area contributed by atoms with Gasteiger partial charge in [-0.05, 0) is 46.6 Å². The highest BCUT2D eigenvalue weighted by molar-refractivity contribution is 9.10. The van der Waals surface area contributed by atoms with Crippen LogP contribution in [0.25, 0.3) is 0 Å². The number of thiophene rings is 1. The van der Waals surface area contributed by atoms with E-state index in [-0.39, 0.29) is 5.56 Å². The van der Waals surface area contributed by atoms with E-state index < -0.39 is 23.7 Å². The molecule has 1 unspecified atom stereocenters. The van der Waals surface area contributed by atoms with E-state index in [0.29, 0.717) is 10.9 Å². The third-order valence-electron chi connectivity index (χ3n) is 2.76. The van der Waals surface area contributed by atoms with Crippen LogP contribution in [0, 0.1) is 12.7 Å². The second kappa shape index (κ2) is 5.46. The monoisotopic (exact) mass is 368 g/mol. The number of alkyl halides is 3. The van der Waals surface area contributed by atoms with E-state index in [1.807, 2.05) is 6.92 Å². The first-order chi connectivity index (χ1) is 9.20. The fourth-order valence-corrected chi connectivity index (χ4v) is 3.29. The standard InChI is InChI=1S/C13H9BrF4OS/c1-6-9(14)5-11(20-6)12(19)7-2-3-10(15)8(4-7)13(16,17)18/h2-5,12,19H,1H3. The predicted octanol–water partition coefficient (Wildman–Crippen LogP) is 5.06. The normalized spacial score (nSPS) is 13.6. The summed E-state index contributed by atoms with van der Waals surface area (Å²) in [4.78, 5) is 1.39. The molecule has 0 amide bonds. The Morgan fingerprint density at radius 3 is 2.40 bits per heavy atom. The van der Waals surface area contributed by atoms with Crippen molar-refractivity contribution in [2.75, 3.05) is 0 Å². The van der Waals surface area contributed by atoms with Crippen LogP contribution in [0.3, 0.4) is 0 Å². The molecule has 108 valence electrons. The Balaban J connectivity index is 2.43. The van der Waals surface area contributed by atoms with Crippen molar-refractivity contribution in [3.63, 3.8) is 0 Å². The lowest BCUT2D eigenvalue weighted by atomic mass is 10.0. The van der Waals surface area contributed by atoms with Crippen LogP contribution in [0.1, 0.15) is 27.0 Å². The molecule has 7 heteroatoms. The van der Waals surface area contributed by atoms with Gasteiger partial charge in [0.05, 0.1) is 5.56 Å². The van der Waals surface area contributed by atoms with Crippen molar-refractivity contribution in [3.8, 4) is 0 Å². The van der Waals surface area contributed by atoms with Crippen LogP contribution in [-0.2, 0) is 6.18 Å². The Bertz CT molecular complexity index is 616. The zero-order valence-corrected chi connectivity index (χ0v) is 12.5. The molecule has 0 aliphatic heterocycles. The minimum Gasteiger partial charge on any atom is -0.383 e. The fourth-order valence-electron chi connectivity index (χ4n) is 1.71. The Kier molecular flexibility index (Phi) is 4.22. The van der Waals surface area contributed by atoms with Crippen molar-refractivity contribution < 1.29 is 22.7 Å². The summed E-state index contributed by atoms with van der Waals surface area (Å²) >= 11 is 4.54. The Hall–Kier alpha value is -0.920. The van der Waals surface area contributed by atoms with Gasteiger partial charge in [0.1, 0.15) is 11.9 Å². The van der Waals surface area contributed by atoms with Gasteiger partial charge in [-0.25, -0.2) is 4.39 Å². The molecule has 1 aromatic carbocycles. The van der Waals surface area contributed by atoms with Crippen LogP contribution in [0.5, 0.6) is 0 Å². The molecule has 0 saturated heterocycles. The lowest BCUT2D eigenvalue weighted by Crippen LogP contribution is -2.10. The van der Waals surface area contributed by atoms with Gasteiger partial charge in [0, 0.05) is 14.2 Å². The fraction of sp³-hybridized carbons (Fsp3) is 0.231. The third-order valence-corrected chi connectivity index (χ3v) is 4.95. The Morgan fingerprint density at radius 2 is 1.90 bits per heavy atom. The van der Waals surface area contributed by atoms with E-state index in [1.165, 1.54) is 11.3 Å². The Morgan fingerprint density at radius 1 is 1.25 bits per heavy atom. The van der Waals surface area contributed by atoms with Gasteiger partial charge < -0.3 is 5.11 Å². The molecule has 0 saturated carbocycles. The largest absolute Gasteiger partial charge is 0.419 e. The van der Waals surface area contributed by atoms with Gasteiger partial charge >= 0.3 is 6.18 Å². The summed E-state index contributed by atoms with van der Waals surface area (Å²) in [6.45, 7) is 1.82. The molecule has 0 radical (unpaired) electrons. The maximum atomic E-state index is 13.2. The highest BCUT2D eigenvalue weighted by Gasteiger charge is 2.34. The predicted molar refractivity (Wildman–Crippen MR) is 72.2 cm³/mol. The number of hydrogen-bond donors (Lipinski definition) is 1. The van der Waals surface area contributed by atoms with E-state index in [9.17, 15) is 22.7 Å². The van der Waals surface area contributed by atoms with E-state index in [2.05, 4.69) is 15.9 Å². The first-order valence-electron chi connectivity index (χ1n) is 5.50. The van der Waals surface area contributed by atoms with E-state index in [0.717, 1.165) is 21.5 Å². The quantitative estimate of drug-likeness (QED) is 0.734. The van der Waals surface area contributed by atoms with Gasteiger partial charge in [-0.2, -0.15) is 13.2 Å². The zero-order valence-electron chi connectivity index (χ0n) is 10.1. The third kappa shape index (κ3) is 3.05. The van der Waals surface area contributed by atoms with Crippen molar-refractivity contribution in [3.05, 3.63) is 55.4 Å². The second-order valence-electron chi connectivity index (χ2n) is 4.19. The van der Waals surface area contributed by atoms with Gasteiger partial charge in [0.25, 0.3) is 0 Å². The van der Waals surface area contributed by atoms with E-state index >= 15 is 0 Å². The minimum absolute atomic E-state index is 0.00692. The molecule has 0 bridgehead atoms. The topological polar surface area (TPSA) is 20.2 Å². The van der Waals surface area contributed by atoms with E-state index in [4.69, 9.17) is 0 Å². The van der Waals surface area contributed by atoms with Crippen LogP contribution in [-0.4, -0.2) is 5.11 Å². The van der Waals surface area contributed by atoms with Crippen LogP contribution in [0.15, 0.2) is 28.7 Å². The summed E-state index contributed by atoms with van der Waals surface area (Å²) in [6, 6.07) is 4.15. The van der Waals surface area contributed by atoms with Crippen LogP contribution < -0.4 is 0 Å². The molecule has 2 aromatic rings. The lowest BCUT2D eigenvalue weighted by molar-refractivity contribution is -0.140. The number of rotatable bonds is 2. The van der Waals surface area contributed by atoms with Gasteiger partial charge in [0.15, 0.2) is 0 Å². The molecule has 0 aliphatic carbocycles. The zero-order chi connectivity index (χ0) is 15.1. The maximum Gasteiger partial charge on any atom is 0.419 e. The molecule has 1 heterocycles. The maximum absolute atomic E-state index is 13.2. The molecular weight excluding hydrogens is 360 g/mol. The van der Waals surface area contributed by atoms with Gasteiger partial charge in [-0.15, -0.1) is 11.3 Å². The van der Waals surface area contributed by atoms with E-state index in [1.54, 1.807) is 6.07 Å². The number of aliphatic hydroxyl groups is 1. The highest BCUT2D eigenvalue weighted by atomic mass is 79.9. The first-order valence-corrected chi connectivity index (χ1v) is 7.11. The first kappa shape index (κ1) is 15.5. The molecule has 0 spiro atoms. The smallest absolute Gasteiger partial charge is 0.383 e. The molecule has 0 fully saturated rings. The molecule has 20 heavy (non-hydrogen) atoms. The molecule has 1 N–H and O–H groups in total. The van der Waals surface area contributed by atoms with Crippen LogP contribution >= 0.6 is 27.3 Å². The molecule has 1 atom stereocenters. The summed E-state index contributed by atoms with van der Waals surface area (Å²) in [5.41, 5.74) is -1.37. The molecule has 0 aliphatic rings. The van der Waals surface area contributed by atoms with Crippen molar-refractivity contribution in [2.45, 2.75) is 19.2 Å². The number of halogens is 5. The summed E-state index contributed by atoms with van der Waals surface area (Å²) in [6.07, 6.45) is -6.00. The number of aryl methyl sites for hydroxylation is 1. The lowest BCUT2D eigenvalue weighted by Gasteiger charge is -2.13. The van der Waals surface area contributed by atoms with Crippen molar-refractivity contribution in [1.29, 1.82) is 0 Å².